The molecule has 0 aromatic heterocycles. The van der Waals surface area contributed by atoms with Gasteiger partial charge in [-0.1, -0.05) is 79.6 Å². The van der Waals surface area contributed by atoms with E-state index in [2.05, 4.69) is 41.5 Å². The van der Waals surface area contributed by atoms with Gasteiger partial charge in [0.05, 0.1) is 0 Å². The molecule has 0 aliphatic heterocycles. The normalized spacial score (nSPS) is 15.9. The Morgan fingerprint density at radius 1 is 0.941 bits per heavy atom. The molecule has 0 rings (SSSR count). The molecule has 0 heteroatoms. The molecular weight excluding hydrogens is 204 g/mol. The van der Waals surface area contributed by atoms with Gasteiger partial charge in [0.25, 0.3) is 0 Å². The highest BCUT2D eigenvalue weighted by Crippen LogP contribution is 2.30. The van der Waals surface area contributed by atoms with Crippen molar-refractivity contribution < 1.29 is 0 Å². The van der Waals surface area contributed by atoms with Gasteiger partial charge in [-0.15, -0.1) is 0 Å². The molecule has 103 valence electrons. The van der Waals surface area contributed by atoms with Crippen LogP contribution in [0.1, 0.15) is 86.0 Å². The van der Waals surface area contributed by atoms with E-state index in [4.69, 9.17) is 0 Å². The third-order valence-electron chi connectivity index (χ3n) is 3.67. The number of unbranched alkanes of at least 4 members (excludes halogenated alkanes) is 5. The predicted octanol–water partition coefficient (Wildman–Crippen LogP) is 6.26. The molecule has 0 aliphatic carbocycles. The summed E-state index contributed by atoms with van der Waals surface area (Å²) in [5, 5.41) is 0. The number of hydrogen-bond acceptors (Lipinski definition) is 0. The lowest BCUT2D eigenvalue weighted by Gasteiger charge is -2.27. The summed E-state index contributed by atoms with van der Waals surface area (Å²) in [6.07, 6.45) is 11.0. The fourth-order valence-electron chi connectivity index (χ4n) is 2.60. The van der Waals surface area contributed by atoms with Crippen molar-refractivity contribution in [3.05, 3.63) is 6.92 Å². The summed E-state index contributed by atoms with van der Waals surface area (Å²) in [5.41, 5.74) is 0.455. The van der Waals surface area contributed by atoms with Gasteiger partial charge in [-0.3, -0.25) is 0 Å². The molecule has 0 aliphatic rings. The summed E-state index contributed by atoms with van der Waals surface area (Å²) in [7, 11) is 0. The Morgan fingerprint density at radius 2 is 1.47 bits per heavy atom. The molecule has 0 fully saturated rings. The quantitative estimate of drug-likeness (QED) is 0.417. The van der Waals surface area contributed by atoms with E-state index in [-0.39, 0.29) is 0 Å². The zero-order valence-corrected chi connectivity index (χ0v) is 13.0. The minimum absolute atomic E-state index is 0.455. The molecule has 0 bridgehead atoms. The van der Waals surface area contributed by atoms with Crippen molar-refractivity contribution in [3.63, 3.8) is 0 Å². The van der Waals surface area contributed by atoms with Crippen LogP contribution in [0.15, 0.2) is 0 Å². The van der Waals surface area contributed by atoms with E-state index in [9.17, 15) is 0 Å². The van der Waals surface area contributed by atoms with Crippen molar-refractivity contribution in [2.24, 2.45) is 17.3 Å². The van der Waals surface area contributed by atoms with Gasteiger partial charge < -0.3 is 0 Å². The fraction of sp³-hybridized carbons (Fsp3) is 0.941. The van der Waals surface area contributed by atoms with Crippen molar-refractivity contribution >= 4 is 0 Å². The van der Waals surface area contributed by atoms with Crippen LogP contribution in [-0.4, -0.2) is 0 Å². The standard InChI is InChI=1S/C17H35/c1-7-8-9-10-11-12-13-15(2)16(3)14-17(4,5)6/h15-16H,2,7-14H2,1,3-6H3. The molecule has 0 heterocycles. The van der Waals surface area contributed by atoms with Crippen molar-refractivity contribution in [2.75, 3.05) is 0 Å². The first-order valence-corrected chi connectivity index (χ1v) is 7.70. The summed E-state index contributed by atoms with van der Waals surface area (Å²) in [6, 6.07) is 0. The molecular formula is C17H35. The third kappa shape index (κ3) is 10.9. The van der Waals surface area contributed by atoms with Gasteiger partial charge in [0, 0.05) is 0 Å². The van der Waals surface area contributed by atoms with Crippen LogP contribution >= 0.6 is 0 Å². The van der Waals surface area contributed by atoms with Gasteiger partial charge in [0.15, 0.2) is 0 Å². The molecule has 0 amide bonds. The average Bonchev–Trinajstić information content (AvgIpc) is 2.20. The smallest absolute Gasteiger partial charge is 0.0380 e. The minimum Gasteiger partial charge on any atom is -0.0654 e. The Morgan fingerprint density at radius 3 is 2.00 bits per heavy atom. The molecule has 0 N–H and O–H groups in total. The first kappa shape index (κ1) is 17.0. The molecule has 1 radical (unpaired) electrons. The van der Waals surface area contributed by atoms with E-state index >= 15 is 0 Å². The van der Waals surface area contributed by atoms with Gasteiger partial charge in [0.2, 0.25) is 0 Å². The first-order valence-electron chi connectivity index (χ1n) is 7.70. The highest BCUT2D eigenvalue weighted by molar-refractivity contribution is 4.74. The second-order valence-corrected chi connectivity index (χ2v) is 7.06. The molecule has 0 aromatic carbocycles. The highest BCUT2D eigenvalue weighted by atomic mass is 14.2. The molecule has 0 aromatic rings. The average molecular weight is 239 g/mol. The SMILES string of the molecule is [CH2]C(CCCCCCCC)C(C)CC(C)(C)C. The second-order valence-electron chi connectivity index (χ2n) is 7.06. The van der Waals surface area contributed by atoms with Crippen LogP contribution in [-0.2, 0) is 0 Å². The van der Waals surface area contributed by atoms with Gasteiger partial charge in [-0.05, 0) is 30.6 Å². The van der Waals surface area contributed by atoms with Crippen molar-refractivity contribution in [3.8, 4) is 0 Å². The van der Waals surface area contributed by atoms with Crippen molar-refractivity contribution in [1.82, 2.24) is 0 Å². The van der Waals surface area contributed by atoms with E-state index in [1.165, 1.54) is 51.4 Å². The van der Waals surface area contributed by atoms with Crippen LogP contribution in [0.25, 0.3) is 0 Å². The lowest BCUT2D eigenvalue weighted by molar-refractivity contribution is 0.253. The number of hydrogen-bond donors (Lipinski definition) is 0. The zero-order chi connectivity index (χ0) is 13.3. The first-order chi connectivity index (χ1) is 7.87. The topological polar surface area (TPSA) is 0 Å². The summed E-state index contributed by atoms with van der Waals surface area (Å²) >= 11 is 0. The minimum atomic E-state index is 0.455. The Hall–Kier alpha value is 0. The second kappa shape index (κ2) is 9.00. The van der Waals surface area contributed by atoms with E-state index in [1.807, 2.05) is 0 Å². The lowest BCUT2D eigenvalue weighted by Crippen LogP contribution is -2.17. The molecule has 17 heavy (non-hydrogen) atoms. The lowest BCUT2D eigenvalue weighted by atomic mass is 9.78. The maximum atomic E-state index is 4.36. The highest BCUT2D eigenvalue weighted by Gasteiger charge is 2.19. The largest absolute Gasteiger partial charge is 0.0654 e. The third-order valence-corrected chi connectivity index (χ3v) is 3.67. The van der Waals surface area contributed by atoms with Crippen LogP contribution in [0.5, 0.6) is 0 Å². The summed E-state index contributed by atoms with van der Waals surface area (Å²) in [5.74, 6) is 1.42. The van der Waals surface area contributed by atoms with Gasteiger partial charge in [-0.25, -0.2) is 0 Å². The summed E-state index contributed by atoms with van der Waals surface area (Å²) in [4.78, 5) is 0. The van der Waals surface area contributed by atoms with Gasteiger partial charge in [-0.2, -0.15) is 0 Å². The summed E-state index contributed by atoms with van der Waals surface area (Å²) in [6.45, 7) is 16.0. The Balaban J connectivity index is 3.54. The molecule has 2 unspecified atom stereocenters. The van der Waals surface area contributed by atoms with E-state index in [0.717, 1.165) is 5.92 Å². The summed E-state index contributed by atoms with van der Waals surface area (Å²) < 4.78 is 0. The number of rotatable bonds is 9. The maximum absolute atomic E-state index is 4.36. The Labute approximate surface area is 111 Å². The van der Waals surface area contributed by atoms with Gasteiger partial charge >= 0.3 is 0 Å². The maximum Gasteiger partial charge on any atom is -0.0380 e. The van der Waals surface area contributed by atoms with Crippen LogP contribution in [0.4, 0.5) is 0 Å². The van der Waals surface area contributed by atoms with E-state index in [0.29, 0.717) is 11.3 Å². The molecule has 0 spiro atoms. The molecule has 0 saturated carbocycles. The fourth-order valence-corrected chi connectivity index (χ4v) is 2.60. The van der Waals surface area contributed by atoms with Crippen LogP contribution in [0.3, 0.4) is 0 Å². The Bertz CT molecular complexity index is 163. The predicted molar refractivity (Wildman–Crippen MR) is 80.1 cm³/mol. The zero-order valence-electron chi connectivity index (χ0n) is 13.0. The molecule has 0 nitrogen and oxygen atoms in total. The van der Waals surface area contributed by atoms with Crippen molar-refractivity contribution in [1.29, 1.82) is 0 Å². The van der Waals surface area contributed by atoms with E-state index < -0.39 is 0 Å². The van der Waals surface area contributed by atoms with Crippen molar-refractivity contribution in [2.45, 2.75) is 86.0 Å². The van der Waals surface area contributed by atoms with Crippen LogP contribution in [0.2, 0.25) is 0 Å². The van der Waals surface area contributed by atoms with Crippen LogP contribution in [0, 0.1) is 24.2 Å². The monoisotopic (exact) mass is 239 g/mol. The van der Waals surface area contributed by atoms with Gasteiger partial charge in [0.1, 0.15) is 0 Å². The van der Waals surface area contributed by atoms with Crippen LogP contribution < -0.4 is 0 Å². The molecule has 2 atom stereocenters. The molecule has 0 saturated heterocycles. The Kier molecular flexibility index (Phi) is 9.00. The van der Waals surface area contributed by atoms with E-state index in [1.54, 1.807) is 0 Å².